The minimum atomic E-state index is -0.407. The molecule has 0 bridgehead atoms. The second kappa shape index (κ2) is 5.93. The molecular weight excluding hydrogens is 256 g/mol. The maximum Gasteiger partial charge on any atom is 0.266 e. The van der Waals surface area contributed by atoms with Crippen molar-refractivity contribution in [3.05, 3.63) is 58.0 Å². The highest BCUT2D eigenvalue weighted by molar-refractivity contribution is 5.32. The first kappa shape index (κ1) is 13.7. The summed E-state index contributed by atoms with van der Waals surface area (Å²) in [7, 11) is 1.60. The van der Waals surface area contributed by atoms with Crippen LogP contribution in [-0.2, 0) is 0 Å². The van der Waals surface area contributed by atoms with E-state index in [-0.39, 0.29) is 11.7 Å². The fourth-order valence-corrected chi connectivity index (χ4v) is 1.74. The zero-order valence-corrected chi connectivity index (χ0v) is 11.2. The van der Waals surface area contributed by atoms with Crippen molar-refractivity contribution in [2.24, 2.45) is 0 Å². The molecule has 1 N–H and O–H groups in total. The third-order valence-corrected chi connectivity index (χ3v) is 2.86. The van der Waals surface area contributed by atoms with E-state index in [1.54, 1.807) is 37.4 Å². The molecule has 5 heteroatoms. The summed E-state index contributed by atoms with van der Waals surface area (Å²) < 4.78 is 10.8. The first-order valence-electron chi connectivity index (χ1n) is 6.08. The molecule has 0 aliphatic heterocycles. The first-order chi connectivity index (χ1) is 9.63. The summed E-state index contributed by atoms with van der Waals surface area (Å²) >= 11 is 0. The normalized spacial score (nSPS) is 11.4. The number of benzene rings is 1. The van der Waals surface area contributed by atoms with Crippen LogP contribution in [0.1, 0.15) is 24.3 Å². The van der Waals surface area contributed by atoms with Crippen LogP contribution >= 0.6 is 0 Å². The molecule has 0 unspecified atom stereocenters. The van der Waals surface area contributed by atoms with Crippen LogP contribution in [0.2, 0.25) is 0 Å². The van der Waals surface area contributed by atoms with E-state index in [4.69, 9.17) is 14.7 Å². The van der Waals surface area contributed by atoms with Gasteiger partial charge in [0.05, 0.1) is 12.8 Å². The number of methoxy groups -OCH3 is 1. The second-order valence-electron chi connectivity index (χ2n) is 4.20. The molecule has 0 aliphatic carbocycles. The van der Waals surface area contributed by atoms with Gasteiger partial charge in [0.25, 0.3) is 5.56 Å². The lowest BCUT2D eigenvalue weighted by molar-refractivity contribution is 0.221. The predicted octanol–water partition coefficient (Wildman–Crippen LogP) is 2.40. The SMILES string of the molecule is COc1ccc(O[C@@H](C)c2ccc(C#N)c(=O)[nH]2)cc1. The Hall–Kier alpha value is -2.74. The lowest BCUT2D eigenvalue weighted by atomic mass is 10.2. The van der Waals surface area contributed by atoms with Crippen LogP contribution in [0.4, 0.5) is 0 Å². The molecule has 5 nitrogen and oxygen atoms in total. The van der Waals surface area contributed by atoms with Crippen LogP contribution in [0.5, 0.6) is 11.5 Å². The van der Waals surface area contributed by atoms with Crippen LogP contribution in [0, 0.1) is 11.3 Å². The topological polar surface area (TPSA) is 75.1 Å². The fourth-order valence-electron chi connectivity index (χ4n) is 1.74. The number of rotatable bonds is 4. The maximum absolute atomic E-state index is 11.6. The third-order valence-electron chi connectivity index (χ3n) is 2.86. The Morgan fingerprint density at radius 3 is 2.35 bits per heavy atom. The minimum absolute atomic E-state index is 0.0883. The van der Waals surface area contributed by atoms with E-state index in [2.05, 4.69) is 4.98 Å². The summed E-state index contributed by atoms with van der Waals surface area (Å²) in [5.41, 5.74) is 0.297. The Morgan fingerprint density at radius 2 is 1.80 bits per heavy atom. The van der Waals surface area contributed by atoms with Gasteiger partial charge in [-0.2, -0.15) is 5.26 Å². The Bertz CT molecular complexity index is 684. The number of hydrogen-bond acceptors (Lipinski definition) is 4. The van der Waals surface area contributed by atoms with Gasteiger partial charge >= 0.3 is 0 Å². The van der Waals surface area contributed by atoms with Gasteiger partial charge in [0.1, 0.15) is 29.2 Å². The number of aromatic nitrogens is 1. The van der Waals surface area contributed by atoms with Gasteiger partial charge < -0.3 is 14.5 Å². The monoisotopic (exact) mass is 270 g/mol. The Morgan fingerprint density at radius 1 is 1.15 bits per heavy atom. The van der Waals surface area contributed by atoms with Gasteiger partial charge in [-0.3, -0.25) is 4.79 Å². The molecule has 0 fully saturated rings. The number of pyridine rings is 1. The van der Waals surface area contributed by atoms with Gasteiger partial charge in [0.2, 0.25) is 0 Å². The van der Waals surface area contributed by atoms with Gasteiger partial charge in [0, 0.05) is 0 Å². The summed E-state index contributed by atoms with van der Waals surface area (Å²) in [5.74, 6) is 1.42. The van der Waals surface area contributed by atoms with E-state index < -0.39 is 5.56 Å². The summed E-state index contributed by atoms with van der Waals surface area (Å²) in [6, 6.07) is 12.2. The lowest BCUT2D eigenvalue weighted by Crippen LogP contribution is -2.15. The number of aromatic amines is 1. The number of nitriles is 1. The standard InChI is InChI=1S/C15H14N2O3/c1-10(14-8-3-11(9-16)15(18)17-14)20-13-6-4-12(19-2)5-7-13/h3-8,10H,1-2H3,(H,17,18)/t10-/m0/s1. The highest BCUT2D eigenvalue weighted by atomic mass is 16.5. The number of H-pyrrole nitrogens is 1. The smallest absolute Gasteiger partial charge is 0.266 e. The zero-order valence-electron chi connectivity index (χ0n) is 11.2. The average Bonchev–Trinajstić information content (AvgIpc) is 2.48. The molecule has 1 heterocycles. The summed E-state index contributed by atoms with van der Waals surface area (Å²) in [6.45, 7) is 1.82. The molecule has 0 amide bonds. The summed E-state index contributed by atoms with van der Waals surface area (Å²) in [6.07, 6.45) is -0.330. The molecular formula is C15H14N2O3. The van der Waals surface area contributed by atoms with Crippen molar-refractivity contribution in [1.82, 2.24) is 4.98 Å². The predicted molar refractivity (Wildman–Crippen MR) is 73.8 cm³/mol. The van der Waals surface area contributed by atoms with Crippen molar-refractivity contribution in [2.45, 2.75) is 13.0 Å². The van der Waals surface area contributed by atoms with E-state index in [9.17, 15) is 4.79 Å². The largest absolute Gasteiger partial charge is 0.497 e. The van der Waals surface area contributed by atoms with Crippen molar-refractivity contribution in [3.8, 4) is 17.6 Å². The van der Waals surface area contributed by atoms with Crippen molar-refractivity contribution in [1.29, 1.82) is 5.26 Å². The lowest BCUT2D eigenvalue weighted by Gasteiger charge is -2.15. The minimum Gasteiger partial charge on any atom is -0.497 e. The molecule has 1 aromatic carbocycles. The average molecular weight is 270 g/mol. The van der Waals surface area contributed by atoms with Crippen LogP contribution in [0.15, 0.2) is 41.2 Å². The van der Waals surface area contributed by atoms with E-state index in [0.717, 1.165) is 5.75 Å². The second-order valence-corrected chi connectivity index (χ2v) is 4.20. The van der Waals surface area contributed by atoms with Crippen LogP contribution < -0.4 is 15.0 Å². The number of ether oxygens (including phenoxy) is 2. The highest BCUT2D eigenvalue weighted by Gasteiger charge is 2.10. The van der Waals surface area contributed by atoms with Crippen LogP contribution in [0.3, 0.4) is 0 Å². The van der Waals surface area contributed by atoms with E-state index in [1.807, 2.05) is 13.0 Å². The summed E-state index contributed by atoms with van der Waals surface area (Å²) in [5, 5.41) is 8.72. The molecule has 1 atom stereocenters. The molecule has 20 heavy (non-hydrogen) atoms. The molecule has 102 valence electrons. The molecule has 1 aromatic heterocycles. The van der Waals surface area contributed by atoms with Gasteiger partial charge in [-0.25, -0.2) is 0 Å². The quantitative estimate of drug-likeness (QED) is 0.925. The van der Waals surface area contributed by atoms with E-state index >= 15 is 0 Å². The van der Waals surface area contributed by atoms with Gasteiger partial charge in [0.15, 0.2) is 0 Å². The maximum atomic E-state index is 11.6. The Balaban J connectivity index is 2.15. The van der Waals surface area contributed by atoms with Crippen molar-refractivity contribution >= 4 is 0 Å². The van der Waals surface area contributed by atoms with Gasteiger partial charge in [-0.05, 0) is 43.3 Å². The van der Waals surface area contributed by atoms with Gasteiger partial charge in [-0.15, -0.1) is 0 Å². The van der Waals surface area contributed by atoms with Crippen LogP contribution in [-0.4, -0.2) is 12.1 Å². The zero-order chi connectivity index (χ0) is 14.5. The Labute approximate surface area is 116 Å². The molecule has 2 aromatic rings. The molecule has 0 saturated heterocycles. The summed E-state index contributed by atoms with van der Waals surface area (Å²) in [4.78, 5) is 14.2. The van der Waals surface area contributed by atoms with Gasteiger partial charge in [-0.1, -0.05) is 0 Å². The van der Waals surface area contributed by atoms with Crippen molar-refractivity contribution < 1.29 is 9.47 Å². The first-order valence-corrected chi connectivity index (χ1v) is 6.08. The molecule has 0 aliphatic rings. The van der Waals surface area contributed by atoms with E-state index in [1.165, 1.54) is 6.07 Å². The Kier molecular flexibility index (Phi) is 4.06. The molecule has 0 spiro atoms. The molecule has 2 rings (SSSR count). The number of hydrogen-bond donors (Lipinski definition) is 1. The third kappa shape index (κ3) is 2.98. The number of nitrogens with zero attached hydrogens (tertiary/aromatic N) is 1. The number of nitrogens with one attached hydrogen (secondary N) is 1. The molecule has 0 radical (unpaired) electrons. The van der Waals surface area contributed by atoms with Crippen molar-refractivity contribution in [3.63, 3.8) is 0 Å². The molecule has 0 saturated carbocycles. The highest BCUT2D eigenvalue weighted by Crippen LogP contribution is 2.22. The van der Waals surface area contributed by atoms with Crippen LogP contribution in [0.25, 0.3) is 0 Å². The van der Waals surface area contributed by atoms with E-state index in [0.29, 0.717) is 11.4 Å². The fraction of sp³-hybridized carbons (Fsp3) is 0.200. The van der Waals surface area contributed by atoms with Crippen molar-refractivity contribution in [2.75, 3.05) is 7.11 Å².